The Kier molecular flexibility index (Phi) is 4.65. The first kappa shape index (κ1) is 14.0. The summed E-state index contributed by atoms with van der Waals surface area (Å²) in [6.07, 6.45) is 0.492. The van der Waals surface area contributed by atoms with Crippen LogP contribution in [0, 0.1) is 16.0 Å². The normalized spacial score (nSPS) is 12.2. The monoisotopic (exact) mass is 252 g/mol. The van der Waals surface area contributed by atoms with Crippen molar-refractivity contribution in [1.29, 1.82) is 0 Å². The zero-order valence-electron chi connectivity index (χ0n) is 10.3. The number of carboxylic acids is 1. The number of hydrogen-bond acceptors (Lipinski definition) is 4. The fourth-order valence-corrected chi connectivity index (χ4v) is 1.57. The molecule has 18 heavy (non-hydrogen) atoms. The Morgan fingerprint density at radius 3 is 2.33 bits per heavy atom. The van der Waals surface area contributed by atoms with E-state index in [1.807, 2.05) is 13.8 Å². The van der Waals surface area contributed by atoms with E-state index < -0.39 is 16.9 Å². The molecule has 98 valence electrons. The van der Waals surface area contributed by atoms with Crippen LogP contribution >= 0.6 is 0 Å². The number of carboxylic acid groups (broad SMARTS) is 1. The number of aliphatic carboxylic acids is 1. The van der Waals surface area contributed by atoms with Gasteiger partial charge in [-0.3, -0.25) is 10.1 Å². The Bertz CT molecular complexity index is 428. The number of hydrogen-bond donors (Lipinski definition) is 2. The zero-order valence-corrected chi connectivity index (χ0v) is 10.3. The van der Waals surface area contributed by atoms with E-state index in [1.54, 1.807) is 0 Å². The van der Waals surface area contributed by atoms with Crippen LogP contribution in [0.3, 0.4) is 0 Å². The number of nitro groups is 1. The minimum Gasteiger partial charge on any atom is -0.480 e. The standard InChI is InChI=1S/C12H16N2O4/c1-8(2)7-11(12(15)16)13-9-3-5-10(6-4-9)14(17)18/h3-6,8,11,13H,7H2,1-2H3,(H,15,16)/t11-/m0/s1. The van der Waals surface area contributed by atoms with Crippen molar-refractivity contribution in [1.82, 2.24) is 0 Å². The highest BCUT2D eigenvalue weighted by Gasteiger charge is 2.18. The quantitative estimate of drug-likeness (QED) is 0.599. The van der Waals surface area contributed by atoms with E-state index in [2.05, 4.69) is 5.32 Å². The molecule has 1 aromatic carbocycles. The summed E-state index contributed by atoms with van der Waals surface area (Å²) in [5.74, 6) is -0.682. The summed E-state index contributed by atoms with van der Waals surface area (Å²) in [7, 11) is 0. The molecule has 6 heteroatoms. The molecule has 0 aliphatic carbocycles. The van der Waals surface area contributed by atoms with E-state index in [-0.39, 0.29) is 11.6 Å². The van der Waals surface area contributed by atoms with Gasteiger partial charge in [0, 0.05) is 17.8 Å². The van der Waals surface area contributed by atoms with Crippen LogP contribution in [-0.4, -0.2) is 22.0 Å². The Hall–Kier alpha value is -2.11. The number of nitro benzene ring substituents is 1. The third-order valence-electron chi connectivity index (χ3n) is 2.42. The fourth-order valence-electron chi connectivity index (χ4n) is 1.57. The van der Waals surface area contributed by atoms with Gasteiger partial charge in [-0.2, -0.15) is 0 Å². The molecule has 0 spiro atoms. The zero-order chi connectivity index (χ0) is 13.7. The molecular formula is C12H16N2O4. The topological polar surface area (TPSA) is 92.5 Å². The summed E-state index contributed by atoms with van der Waals surface area (Å²) < 4.78 is 0. The van der Waals surface area contributed by atoms with Crippen molar-refractivity contribution in [2.24, 2.45) is 5.92 Å². The van der Waals surface area contributed by atoms with E-state index in [0.29, 0.717) is 12.1 Å². The second kappa shape index (κ2) is 6.00. The second-order valence-electron chi connectivity index (χ2n) is 4.47. The average molecular weight is 252 g/mol. The molecule has 0 aliphatic heterocycles. The minimum absolute atomic E-state index is 0.0173. The summed E-state index contributed by atoms with van der Waals surface area (Å²) in [5, 5.41) is 22.4. The van der Waals surface area contributed by atoms with Crippen molar-refractivity contribution in [2.45, 2.75) is 26.3 Å². The van der Waals surface area contributed by atoms with Gasteiger partial charge < -0.3 is 10.4 Å². The molecule has 0 bridgehead atoms. The van der Waals surface area contributed by atoms with E-state index in [9.17, 15) is 14.9 Å². The van der Waals surface area contributed by atoms with Gasteiger partial charge >= 0.3 is 5.97 Å². The number of nitrogens with one attached hydrogen (secondary N) is 1. The Morgan fingerprint density at radius 1 is 1.39 bits per heavy atom. The van der Waals surface area contributed by atoms with Gasteiger partial charge in [0.15, 0.2) is 0 Å². The molecule has 1 atom stereocenters. The van der Waals surface area contributed by atoms with Crippen LogP contribution < -0.4 is 5.32 Å². The van der Waals surface area contributed by atoms with E-state index >= 15 is 0 Å². The first-order valence-corrected chi connectivity index (χ1v) is 5.64. The number of rotatable bonds is 6. The number of nitrogens with zero attached hydrogens (tertiary/aromatic N) is 1. The summed E-state index contributed by atoms with van der Waals surface area (Å²) >= 11 is 0. The fraction of sp³-hybridized carbons (Fsp3) is 0.417. The summed E-state index contributed by atoms with van der Waals surface area (Å²) in [5.41, 5.74) is 0.546. The Morgan fingerprint density at radius 2 is 1.94 bits per heavy atom. The predicted octanol–water partition coefficient (Wildman–Crippen LogP) is 2.51. The lowest BCUT2D eigenvalue weighted by molar-refractivity contribution is -0.384. The smallest absolute Gasteiger partial charge is 0.326 e. The predicted molar refractivity (Wildman–Crippen MR) is 67.6 cm³/mol. The SMILES string of the molecule is CC(C)C[C@H](Nc1ccc([N+](=O)[O-])cc1)C(=O)O. The van der Waals surface area contributed by atoms with E-state index in [1.165, 1.54) is 24.3 Å². The Labute approximate surface area is 105 Å². The number of non-ortho nitro benzene ring substituents is 1. The molecule has 6 nitrogen and oxygen atoms in total. The van der Waals surface area contributed by atoms with Gasteiger partial charge in [0.25, 0.3) is 5.69 Å². The molecule has 1 aromatic rings. The summed E-state index contributed by atoms with van der Waals surface area (Å²) in [6.45, 7) is 3.88. The molecule has 0 aromatic heterocycles. The van der Waals surface area contributed by atoms with Crippen LogP contribution in [0.15, 0.2) is 24.3 Å². The molecule has 0 aliphatic rings. The van der Waals surface area contributed by atoms with Crippen molar-refractivity contribution in [2.75, 3.05) is 5.32 Å². The molecule has 0 fully saturated rings. The van der Waals surface area contributed by atoms with E-state index in [4.69, 9.17) is 5.11 Å². The highest BCUT2D eigenvalue weighted by molar-refractivity contribution is 5.77. The maximum Gasteiger partial charge on any atom is 0.326 e. The van der Waals surface area contributed by atoms with Crippen molar-refractivity contribution in [3.8, 4) is 0 Å². The van der Waals surface area contributed by atoms with Crippen LogP contribution in [0.25, 0.3) is 0 Å². The van der Waals surface area contributed by atoms with E-state index in [0.717, 1.165) is 0 Å². The van der Waals surface area contributed by atoms with Crippen LogP contribution in [-0.2, 0) is 4.79 Å². The number of carbonyl (C=O) groups is 1. The number of benzene rings is 1. The van der Waals surface area contributed by atoms with Crippen LogP contribution in [0.4, 0.5) is 11.4 Å². The molecular weight excluding hydrogens is 236 g/mol. The largest absolute Gasteiger partial charge is 0.480 e. The minimum atomic E-state index is -0.929. The molecule has 0 radical (unpaired) electrons. The molecule has 0 saturated heterocycles. The van der Waals surface area contributed by atoms with Gasteiger partial charge in [0.05, 0.1) is 4.92 Å². The Balaban J connectivity index is 2.75. The van der Waals surface area contributed by atoms with Gasteiger partial charge in [-0.05, 0) is 24.5 Å². The summed E-state index contributed by atoms with van der Waals surface area (Å²) in [4.78, 5) is 21.0. The molecule has 0 heterocycles. The molecule has 0 unspecified atom stereocenters. The van der Waals surface area contributed by atoms with Crippen LogP contribution in [0.1, 0.15) is 20.3 Å². The van der Waals surface area contributed by atoms with Gasteiger partial charge in [0.2, 0.25) is 0 Å². The lowest BCUT2D eigenvalue weighted by Crippen LogP contribution is -2.30. The van der Waals surface area contributed by atoms with Crippen molar-refractivity contribution < 1.29 is 14.8 Å². The summed E-state index contributed by atoms with van der Waals surface area (Å²) in [6, 6.07) is 5.02. The lowest BCUT2D eigenvalue weighted by Gasteiger charge is -2.17. The van der Waals surface area contributed by atoms with Gasteiger partial charge in [0.1, 0.15) is 6.04 Å². The third kappa shape index (κ3) is 4.04. The molecule has 1 rings (SSSR count). The average Bonchev–Trinajstić information content (AvgIpc) is 2.28. The van der Waals surface area contributed by atoms with Gasteiger partial charge in [-0.15, -0.1) is 0 Å². The number of anilines is 1. The highest BCUT2D eigenvalue weighted by atomic mass is 16.6. The van der Waals surface area contributed by atoms with Crippen LogP contribution in [0.2, 0.25) is 0 Å². The van der Waals surface area contributed by atoms with Gasteiger partial charge in [-0.1, -0.05) is 13.8 Å². The first-order chi connectivity index (χ1) is 8.40. The first-order valence-electron chi connectivity index (χ1n) is 5.64. The maximum atomic E-state index is 11.0. The van der Waals surface area contributed by atoms with Crippen molar-refractivity contribution in [3.05, 3.63) is 34.4 Å². The highest BCUT2D eigenvalue weighted by Crippen LogP contribution is 2.18. The van der Waals surface area contributed by atoms with Gasteiger partial charge in [-0.25, -0.2) is 4.79 Å². The molecule has 2 N–H and O–H groups in total. The maximum absolute atomic E-state index is 11.0. The molecule has 0 saturated carbocycles. The van der Waals surface area contributed by atoms with Crippen molar-refractivity contribution >= 4 is 17.3 Å². The second-order valence-corrected chi connectivity index (χ2v) is 4.47. The van der Waals surface area contributed by atoms with Crippen LogP contribution in [0.5, 0.6) is 0 Å². The third-order valence-corrected chi connectivity index (χ3v) is 2.42. The van der Waals surface area contributed by atoms with Crippen molar-refractivity contribution in [3.63, 3.8) is 0 Å². The molecule has 0 amide bonds. The lowest BCUT2D eigenvalue weighted by atomic mass is 10.0.